The number of nitrogens with one attached hydrogen (secondary N) is 1. The summed E-state index contributed by atoms with van der Waals surface area (Å²) in [5.41, 5.74) is 6.72. The number of rotatable bonds is 4. The largest absolute Gasteiger partial charge is 0.378 e. The zero-order valence-electron chi connectivity index (χ0n) is 12.9. The molecule has 116 valence electrons. The van der Waals surface area contributed by atoms with Crippen molar-refractivity contribution < 1.29 is 4.74 Å². The van der Waals surface area contributed by atoms with E-state index in [0.717, 1.165) is 38.0 Å². The average molecular weight is 291 g/mol. The van der Waals surface area contributed by atoms with E-state index in [0.29, 0.717) is 13.1 Å². The van der Waals surface area contributed by atoms with E-state index in [1.165, 1.54) is 0 Å². The molecule has 1 aromatic rings. The maximum atomic E-state index is 5.79. The second-order valence-electron chi connectivity index (χ2n) is 5.97. The SMILES string of the molecule is CC(C)(CN)CN=C(Nc1cccnc1)N1CCOCC1. The van der Waals surface area contributed by atoms with Gasteiger partial charge in [0.05, 0.1) is 25.1 Å². The van der Waals surface area contributed by atoms with Crippen molar-refractivity contribution in [3.8, 4) is 0 Å². The van der Waals surface area contributed by atoms with E-state index in [1.807, 2.05) is 12.1 Å². The number of pyridine rings is 1. The van der Waals surface area contributed by atoms with Crippen LogP contribution in [0.3, 0.4) is 0 Å². The van der Waals surface area contributed by atoms with Crippen LogP contribution in [0.5, 0.6) is 0 Å². The lowest BCUT2D eigenvalue weighted by atomic mass is 9.94. The zero-order chi connectivity index (χ0) is 15.1. The highest BCUT2D eigenvalue weighted by Gasteiger charge is 2.19. The summed E-state index contributed by atoms with van der Waals surface area (Å²) >= 11 is 0. The van der Waals surface area contributed by atoms with Crippen molar-refractivity contribution in [3.05, 3.63) is 24.5 Å². The third kappa shape index (κ3) is 4.99. The van der Waals surface area contributed by atoms with Crippen LogP contribution < -0.4 is 11.1 Å². The van der Waals surface area contributed by atoms with Crippen LogP contribution >= 0.6 is 0 Å². The Hall–Kier alpha value is -1.66. The molecule has 0 bridgehead atoms. The second-order valence-corrected chi connectivity index (χ2v) is 5.97. The van der Waals surface area contributed by atoms with Crippen LogP contribution in [0.25, 0.3) is 0 Å². The van der Waals surface area contributed by atoms with Crippen molar-refractivity contribution in [1.82, 2.24) is 9.88 Å². The summed E-state index contributed by atoms with van der Waals surface area (Å²) in [5, 5.41) is 3.36. The first-order valence-electron chi connectivity index (χ1n) is 7.35. The van der Waals surface area contributed by atoms with E-state index in [2.05, 4.69) is 29.0 Å². The Labute approximate surface area is 126 Å². The van der Waals surface area contributed by atoms with Crippen LogP contribution in [0.15, 0.2) is 29.5 Å². The number of aliphatic imine (C=N–C) groups is 1. The molecule has 0 atom stereocenters. The molecule has 6 heteroatoms. The molecule has 2 rings (SSSR count). The third-order valence-electron chi connectivity index (χ3n) is 3.44. The molecule has 0 radical (unpaired) electrons. The number of anilines is 1. The molecule has 3 N–H and O–H groups in total. The van der Waals surface area contributed by atoms with Gasteiger partial charge in [-0.15, -0.1) is 0 Å². The van der Waals surface area contributed by atoms with E-state index in [-0.39, 0.29) is 5.41 Å². The number of morpholine rings is 1. The lowest BCUT2D eigenvalue weighted by Crippen LogP contribution is -2.44. The summed E-state index contributed by atoms with van der Waals surface area (Å²) in [6, 6.07) is 3.89. The van der Waals surface area contributed by atoms with Gasteiger partial charge in [-0.3, -0.25) is 9.98 Å². The molecule has 6 nitrogen and oxygen atoms in total. The average Bonchev–Trinajstić information content (AvgIpc) is 2.53. The van der Waals surface area contributed by atoms with E-state index < -0.39 is 0 Å². The summed E-state index contributed by atoms with van der Waals surface area (Å²) in [7, 11) is 0. The Morgan fingerprint density at radius 1 is 1.48 bits per heavy atom. The fraction of sp³-hybridized carbons (Fsp3) is 0.600. The lowest BCUT2D eigenvalue weighted by Gasteiger charge is -2.31. The summed E-state index contributed by atoms with van der Waals surface area (Å²) in [4.78, 5) is 11.1. The molecule has 1 aromatic heterocycles. The van der Waals surface area contributed by atoms with Crippen LogP contribution in [0.2, 0.25) is 0 Å². The fourth-order valence-electron chi connectivity index (χ4n) is 1.91. The number of guanidine groups is 1. The van der Waals surface area contributed by atoms with Gasteiger partial charge in [-0.1, -0.05) is 13.8 Å². The minimum absolute atomic E-state index is 0.00580. The molecular weight excluding hydrogens is 266 g/mol. The molecule has 0 spiro atoms. The molecule has 0 aliphatic carbocycles. The van der Waals surface area contributed by atoms with Crippen LogP contribution in [0, 0.1) is 5.41 Å². The Bertz CT molecular complexity index is 454. The van der Waals surface area contributed by atoms with Crippen molar-refractivity contribution in [3.63, 3.8) is 0 Å². The number of hydrogen-bond acceptors (Lipinski definition) is 4. The van der Waals surface area contributed by atoms with Crippen LogP contribution in [-0.2, 0) is 4.74 Å². The quantitative estimate of drug-likeness (QED) is 0.643. The lowest BCUT2D eigenvalue weighted by molar-refractivity contribution is 0.0678. The molecule has 1 aliphatic rings. The minimum atomic E-state index is -0.00580. The van der Waals surface area contributed by atoms with Gasteiger partial charge in [0.25, 0.3) is 0 Å². The van der Waals surface area contributed by atoms with Gasteiger partial charge in [0.1, 0.15) is 0 Å². The van der Waals surface area contributed by atoms with Crippen molar-refractivity contribution in [2.45, 2.75) is 13.8 Å². The Kier molecular flexibility index (Phi) is 5.52. The smallest absolute Gasteiger partial charge is 0.198 e. The molecule has 1 saturated heterocycles. The van der Waals surface area contributed by atoms with Crippen molar-refractivity contribution in [2.75, 3.05) is 44.7 Å². The Morgan fingerprint density at radius 2 is 2.24 bits per heavy atom. The van der Waals surface area contributed by atoms with Crippen molar-refractivity contribution >= 4 is 11.6 Å². The van der Waals surface area contributed by atoms with Gasteiger partial charge in [-0.25, -0.2) is 0 Å². The van der Waals surface area contributed by atoms with Gasteiger partial charge in [0, 0.05) is 25.8 Å². The topological polar surface area (TPSA) is 75.8 Å². The summed E-state index contributed by atoms with van der Waals surface area (Å²) in [6.45, 7) is 8.69. The second kappa shape index (κ2) is 7.38. The first-order valence-corrected chi connectivity index (χ1v) is 7.35. The molecule has 0 saturated carbocycles. The molecule has 1 aliphatic heterocycles. The van der Waals surface area contributed by atoms with Crippen LogP contribution in [0.4, 0.5) is 5.69 Å². The Balaban J connectivity index is 2.11. The predicted molar refractivity (Wildman–Crippen MR) is 85.4 cm³/mol. The molecular formula is C15H25N5O. The molecule has 2 heterocycles. The van der Waals surface area contributed by atoms with Gasteiger partial charge in [-0.05, 0) is 24.1 Å². The van der Waals surface area contributed by atoms with Crippen molar-refractivity contribution in [1.29, 1.82) is 0 Å². The summed E-state index contributed by atoms with van der Waals surface area (Å²) < 4.78 is 5.41. The molecule has 1 fully saturated rings. The highest BCUT2D eigenvalue weighted by molar-refractivity contribution is 5.93. The van der Waals surface area contributed by atoms with Crippen LogP contribution in [-0.4, -0.2) is 55.2 Å². The summed E-state index contributed by atoms with van der Waals surface area (Å²) in [5.74, 6) is 0.868. The van der Waals surface area contributed by atoms with Gasteiger partial charge < -0.3 is 20.7 Å². The molecule has 0 aromatic carbocycles. The molecule has 0 unspecified atom stereocenters. The van der Waals surface area contributed by atoms with Gasteiger partial charge in [0.2, 0.25) is 0 Å². The van der Waals surface area contributed by atoms with E-state index in [1.54, 1.807) is 12.4 Å². The van der Waals surface area contributed by atoms with E-state index >= 15 is 0 Å². The first kappa shape index (κ1) is 15.7. The van der Waals surface area contributed by atoms with E-state index in [4.69, 9.17) is 15.5 Å². The third-order valence-corrected chi connectivity index (χ3v) is 3.44. The molecule has 21 heavy (non-hydrogen) atoms. The number of hydrogen-bond donors (Lipinski definition) is 2. The van der Waals surface area contributed by atoms with Crippen molar-refractivity contribution in [2.24, 2.45) is 16.1 Å². The molecule has 0 amide bonds. The fourth-order valence-corrected chi connectivity index (χ4v) is 1.91. The number of aromatic nitrogens is 1. The van der Waals surface area contributed by atoms with Gasteiger partial charge in [0.15, 0.2) is 5.96 Å². The zero-order valence-corrected chi connectivity index (χ0v) is 12.9. The normalized spacial score (nSPS) is 16.9. The Morgan fingerprint density at radius 3 is 2.86 bits per heavy atom. The number of nitrogens with two attached hydrogens (primary N) is 1. The van der Waals surface area contributed by atoms with Gasteiger partial charge in [-0.2, -0.15) is 0 Å². The standard InChI is InChI=1S/C15H25N5O/c1-15(2,11-16)12-18-14(20-6-8-21-9-7-20)19-13-4-3-5-17-10-13/h3-5,10H,6-9,11-12,16H2,1-2H3,(H,18,19). The highest BCUT2D eigenvalue weighted by atomic mass is 16.5. The number of ether oxygens (including phenoxy) is 1. The maximum Gasteiger partial charge on any atom is 0.198 e. The minimum Gasteiger partial charge on any atom is -0.378 e. The highest BCUT2D eigenvalue weighted by Crippen LogP contribution is 2.14. The predicted octanol–water partition coefficient (Wildman–Crippen LogP) is 1.17. The maximum absolute atomic E-state index is 5.79. The van der Waals surface area contributed by atoms with Gasteiger partial charge >= 0.3 is 0 Å². The number of nitrogens with zero attached hydrogens (tertiary/aromatic N) is 3. The summed E-state index contributed by atoms with van der Waals surface area (Å²) in [6.07, 6.45) is 3.55. The monoisotopic (exact) mass is 291 g/mol. The van der Waals surface area contributed by atoms with E-state index in [9.17, 15) is 0 Å². The van der Waals surface area contributed by atoms with Crippen LogP contribution in [0.1, 0.15) is 13.8 Å². The first-order chi connectivity index (χ1) is 10.1.